The molecule has 1 aromatic heterocycles. The average molecular weight is 416 g/mol. The monoisotopic (exact) mass is 415 g/mol. The van der Waals surface area contributed by atoms with Gasteiger partial charge in [0.15, 0.2) is 0 Å². The summed E-state index contributed by atoms with van der Waals surface area (Å²) in [6.07, 6.45) is 0.787. The van der Waals surface area contributed by atoms with Crippen molar-refractivity contribution in [2.45, 2.75) is 19.4 Å². The molecular weight excluding hydrogens is 390 g/mol. The van der Waals surface area contributed by atoms with Crippen molar-refractivity contribution in [3.8, 4) is 0 Å². The van der Waals surface area contributed by atoms with Crippen molar-refractivity contribution in [2.75, 3.05) is 18.9 Å². The highest BCUT2D eigenvalue weighted by molar-refractivity contribution is 7.18. The molecule has 5 heteroatoms. The largest absolute Gasteiger partial charge is 0.325 e. The van der Waals surface area contributed by atoms with Gasteiger partial charge in [-0.2, -0.15) is 0 Å². The molecule has 0 unspecified atom stereocenters. The summed E-state index contributed by atoms with van der Waals surface area (Å²) in [5.74, 6) is -0.0222. The lowest BCUT2D eigenvalue weighted by atomic mass is 10.0. The molecule has 0 aliphatic carbocycles. The van der Waals surface area contributed by atoms with Gasteiger partial charge in [0.2, 0.25) is 5.91 Å². The van der Waals surface area contributed by atoms with Gasteiger partial charge in [0.1, 0.15) is 5.01 Å². The molecule has 0 bridgehead atoms. The van der Waals surface area contributed by atoms with E-state index >= 15 is 0 Å². The van der Waals surface area contributed by atoms with E-state index < -0.39 is 0 Å². The zero-order chi connectivity index (χ0) is 20.9. The number of benzene rings is 3. The van der Waals surface area contributed by atoms with Crippen LogP contribution >= 0.6 is 11.3 Å². The van der Waals surface area contributed by atoms with Crippen molar-refractivity contribution in [3.05, 3.63) is 95.0 Å². The first-order chi connectivity index (χ1) is 14.6. The number of carbonyl (C=O) groups is 1. The highest BCUT2D eigenvalue weighted by Crippen LogP contribution is 2.28. The van der Waals surface area contributed by atoms with Gasteiger partial charge in [-0.3, -0.25) is 9.69 Å². The third-order valence-electron chi connectivity index (χ3n) is 5.25. The maximum atomic E-state index is 12.8. The molecule has 30 heavy (non-hydrogen) atoms. The van der Waals surface area contributed by atoms with Crippen LogP contribution in [0.3, 0.4) is 0 Å². The number of hydrogen-bond donors (Lipinski definition) is 1. The normalized spacial score (nSPS) is 12.2. The van der Waals surface area contributed by atoms with Crippen LogP contribution in [0, 0.1) is 0 Å². The van der Waals surface area contributed by atoms with Crippen LogP contribution in [0.2, 0.25) is 0 Å². The number of nitrogens with one attached hydrogen (secondary N) is 1. The first-order valence-corrected chi connectivity index (χ1v) is 10.9. The summed E-state index contributed by atoms with van der Waals surface area (Å²) in [5.41, 5.74) is 4.21. The molecule has 1 N–H and O–H groups in total. The summed E-state index contributed by atoms with van der Waals surface area (Å²) in [4.78, 5) is 19.5. The smallest absolute Gasteiger partial charge is 0.238 e. The molecule has 4 nitrogen and oxygen atoms in total. The van der Waals surface area contributed by atoms with Gasteiger partial charge < -0.3 is 5.32 Å². The predicted molar refractivity (Wildman–Crippen MR) is 125 cm³/mol. The van der Waals surface area contributed by atoms with E-state index in [2.05, 4.69) is 36.5 Å². The minimum absolute atomic E-state index is 0.0222. The first-order valence-electron chi connectivity index (χ1n) is 10.1. The van der Waals surface area contributed by atoms with Gasteiger partial charge in [-0.05, 0) is 49.7 Å². The Hall–Kier alpha value is -3.02. The Bertz CT molecular complexity index is 1110. The van der Waals surface area contributed by atoms with Gasteiger partial charge in [0.25, 0.3) is 0 Å². The average Bonchev–Trinajstić information content (AvgIpc) is 3.19. The molecule has 1 atom stereocenters. The van der Waals surface area contributed by atoms with Crippen molar-refractivity contribution in [1.29, 1.82) is 0 Å². The number of likely N-dealkylation sites (N-methyl/N-ethyl adjacent to an activating group) is 1. The third kappa shape index (κ3) is 4.75. The number of nitrogens with zero attached hydrogens (tertiary/aromatic N) is 2. The van der Waals surface area contributed by atoms with Crippen LogP contribution in [-0.4, -0.2) is 29.4 Å². The fourth-order valence-corrected chi connectivity index (χ4v) is 4.51. The lowest BCUT2D eigenvalue weighted by Crippen LogP contribution is -2.32. The van der Waals surface area contributed by atoms with Crippen molar-refractivity contribution in [3.63, 3.8) is 0 Å². The van der Waals surface area contributed by atoms with Gasteiger partial charge in [-0.25, -0.2) is 4.98 Å². The molecule has 0 saturated heterocycles. The summed E-state index contributed by atoms with van der Waals surface area (Å²) in [7, 11) is 1.96. The van der Waals surface area contributed by atoms with Gasteiger partial charge in [-0.1, -0.05) is 60.7 Å². The molecular formula is C25H25N3OS. The minimum Gasteiger partial charge on any atom is -0.325 e. The molecule has 0 fully saturated rings. The maximum absolute atomic E-state index is 12.8. The van der Waals surface area contributed by atoms with Crippen molar-refractivity contribution in [2.24, 2.45) is 0 Å². The molecule has 0 spiro atoms. The van der Waals surface area contributed by atoms with E-state index in [0.717, 1.165) is 28.2 Å². The first kappa shape index (κ1) is 20.3. The zero-order valence-corrected chi connectivity index (χ0v) is 18.0. The number of anilines is 1. The predicted octanol–water partition coefficient (Wildman–Crippen LogP) is 5.52. The number of hydrogen-bond acceptors (Lipinski definition) is 4. The molecule has 1 amide bonds. The van der Waals surface area contributed by atoms with E-state index in [-0.39, 0.29) is 11.9 Å². The number of fused-ring (bicyclic) bond motifs is 1. The summed E-state index contributed by atoms with van der Waals surface area (Å²) in [6, 6.07) is 26.5. The molecule has 0 aliphatic rings. The lowest BCUT2D eigenvalue weighted by molar-refractivity contribution is -0.117. The number of aromatic nitrogens is 1. The van der Waals surface area contributed by atoms with Crippen LogP contribution in [0.5, 0.6) is 0 Å². The van der Waals surface area contributed by atoms with Gasteiger partial charge in [0, 0.05) is 5.69 Å². The Kier molecular flexibility index (Phi) is 6.21. The number of para-hydroxylation sites is 2. The fourth-order valence-electron chi connectivity index (χ4n) is 3.42. The van der Waals surface area contributed by atoms with E-state index in [0.29, 0.717) is 6.54 Å². The van der Waals surface area contributed by atoms with E-state index in [1.807, 2.05) is 66.5 Å². The third-order valence-corrected chi connectivity index (χ3v) is 6.46. The summed E-state index contributed by atoms with van der Waals surface area (Å²) < 4.78 is 1.17. The number of amides is 1. The van der Waals surface area contributed by atoms with Crippen LogP contribution < -0.4 is 5.32 Å². The topological polar surface area (TPSA) is 45.2 Å². The highest BCUT2D eigenvalue weighted by Gasteiger charge is 2.19. The van der Waals surface area contributed by atoms with E-state index in [1.165, 1.54) is 10.3 Å². The molecule has 0 saturated carbocycles. The van der Waals surface area contributed by atoms with Crippen LogP contribution in [0.1, 0.15) is 29.1 Å². The van der Waals surface area contributed by atoms with Crippen molar-refractivity contribution in [1.82, 2.24) is 9.88 Å². The summed E-state index contributed by atoms with van der Waals surface area (Å²) in [6.45, 7) is 2.39. The second kappa shape index (κ2) is 9.20. The number of thiazole rings is 1. The Morgan fingerprint density at radius 2 is 1.70 bits per heavy atom. The van der Waals surface area contributed by atoms with E-state index in [4.69, 9.17) is 4.98 Å². The quantitative estimate of drug-likeness (QED) is 0.432. The minimum atomic E-state index is -0.0222. The molecule has 4 aromatic rings. The highest BCUT2D eigenvalue weighted by atomic mass is 32.1. The van der Waals surface area contributed by atoms with Crippen LogP contribution in [-0.2, 0) is 11.2 Å². The molecule has 1 heterocycles. The van der Waals surface area contributed by atoms with Crippen molar-refractivity contribution >= 4 is 33.1 Å². The summed E-state index contributed by atoms with van der Waals surface area (Å²) >= 11 is 1.68. The zero-order valence-electron chi connectivity index (χ0n) is 17.2. The van der Waals surface area contributed by atoms with Gasteiger partial charge >= 0.3 is 0 Å². The van der Waals surface area contributed by atoms with Gasteiger partial charge in [-0.15, -0.1) is 11.3 Å². The Morgan fingerprint density at radius 1 is 1.00 bits per heavy atom. The van der Waals surface area contributed by atoms with Gasteiger partial charge in [0.05, 0.1) is 22.8 Å². The maximum Gasteiger partial charge on any atom is 0.238 e. The fraction of sp³-hybridized carbons (Fsp3) is 0.200. The number of carbonyl (C=O) groups excluding carboxylic acids is 1. The van der Waals surface area contributed by atoms with Crippen molar-refractivity contribution < 1.29 is 4.79 Å². The SMILES string of the molecule is C[C@@H](c1nc2ccccc2s1)N(C)CC(=O)Nc1ccccc1Cc1ccccc1. The van der Waals surface area contributed by atoms with E-state index in [1.54, 1.807) is 11.3 Å². The van der Waals surface area contributed by atoms with Crippen LogP contribution in [0.4, 0.5) is 5.69 Å². The Morgan fingerprint density at radius 3 is 2.50 bits per heavy atom. The lowest BCUT2D eigenvalue weighted by Gasteiger charge is -2.22. The molecule has 3 aromatic carbocycles. The van der Waals surface area contributed by atoms with Crippen LogP contribution in [0.25, 0.3) is 10.2 Å². The second-order valence-electron chi connectivity index (χ2n) is 7.48. The summed E-state index contributed by atoms with van der Waals surface area (Å²) in [5, 5.41) is 4.12. The molecule has 152 valence electrons. The standard InChI is InChI=1S/C25H25N3OS/c1-18(25-27-22-14-8-9-15-23(22)30-25)28(2)17-24(29)26-21-13-7-6-12-20(21)16-19-10-4-3-5-11-19/h3-15,18H,16-17H2,1-2H3,(H,26,29)/t18-/m0/s1. The second-order valence-corrected chi connectivity index (χ2v) is 8.54. The Balaban J connectivity index is 1.42. The molecule has 0 radical (unpaired) electrons. The molecule has 0 aliphatic heterocycles. The van der Waals surface area contributed by atoms with E-state index in [9.17, 15) is 4.79 Å². The molecule has 4 rings (SSSR count). The number of rotatable bonds is 7. The Labute approximate surface area is 181 Å². The van der Waals surface area contributed by atoms with Crippen LogP contribution in [0.15, 0.2) is 78.9 Å².